The fraction of sp³-hybridized carbons (Fsp3) is 0.500. The van der Waals surface area contributed by atoms with Crippen LogP contribution in [0.25, 0.3) is 0 Å². The normalized spacial score (nSPS) is 14.4. The molecule has 2 N–H and O–H groups in total. The van der Waals surface area contributed by atoms with Gasteiger partial charge in [0.05, 0.1) is 5.56 Å². The van der Waals surface area contributed by atoms with Crippen LogP contribution in [0.4, 0.5) is 5.82 Å². The molecule has 1 heterocycles. The van der Waals surface area contributed by atoms with Gasteiger partial charge in [-0.3, -0.25) is 0 Å². The molecule has 0 amide bonds. The molecule has 4 nitrogen and oxygen atoms in total. The molecule has 0 bridgehead atoms. The van der Waals surface area contributed by atoms with E-state index in [4.69, 9.17) is 5.26 Å². The first-order chi connectivity index (χ1) is 7.90. The van der Waals surface area contributed by atoms with Crippen molar-refractivity contribution in [2.75, 3.05) is 18.4 Å². The predicted molar refractivity (Wildman–Crippen MR) is 63.1 cm³/mol. The zero-order chi connectivity index (χ0) is 11.2. The maximum Gasteiger partial charge on any atom is 0.143 e. The number of nitrogens with zero attached hydrogens (tertiary/aromatic N) is 2. The van der Waals surface area contributed by atoms with Gasteiger partial charge in [0.1, 0.15) is 11.9 Å². The maximum absolute atomic E-state index is 8.86. The number of nitriles is 1. The minimum absolute atomic E-state index is 0.609. The second-order valence-electron chi connectivity index (χ2n) is 4.02. The van der Waals surface area contributed by atoms with Crippen LogP contribution in [-0.2, 0) is 0 Å². The van der Waals surface area contributed by atoms with E-state index in [0.717, 1.165) is 25.6 Å². The van der Waals surface area contributed by atoms with Gasteiger partial charge in [0, 0.05) is 18.8 Å². The number of aromatic nitrogens is 1. The fourth-order valence-electron chi connectivity index (χ4n) is 1.53. The van der Waals surface area contributed by atoms with Gasteiger partial charge in [-0.2, -0.15) is 5.26 Å². The molecule has 1 fully saturated rings. The summed E-state index contributed by atoms with van der Waals surface area (Å²) >= 11 is 0. The van der Waals surface area contributed by atoms with E-state index in [-0.39, 0.29) is 0 Å². The van der Waals surface area contributed by atoms with Crippen molar-refractivity contribution in [2.24, 2.45) is 0 Å². The quantitative estimate of drug-likeness (QED) is 0.708. The van der Waals surface area contributed by atoms with Crippen LogP contribution in [0.15, 0.2) is 18.3 Å². The van der Waals surface area contributed by atoms with Crippen LogP contribution in [0.1, 0.15) is 24.8 Å². The minimum atomic E-state index is 0.609. The Morgan fingerprint density at radius 2 is 2.31 bits per heavy atom. The minimum Gasteiger partial charge on any atom is -0.369 e. The van der Waals surface area contributed by atoms with E-state index in [1.54, 1.807) is 18.3 Å². The molecule has 0 aliphatic heterocycles. The number of anilines is 1. The molecule has 0 spiro atoms. The van der Waals surface area contributed by atoms with Crippen LogP contribution in [-0.4, -0.2) is 24.1 Å². The van der Waals surface area contributed by atoms with Crippen molar-refractivity contribution in [3.05, 3.63) is 23.9 Å². The summed E-state index contributed by atoms with van der Waals surface area (Å²) in [6.07, 6.45) is 5.40. The van der Waals surface area contributed by atoms with Gasteiger partial charge >= 0.3 is 0 Å². The standard InChI is InChI=1S/C12H16N4/c13-9-10-3-1-6-15-12(10)16-8-2-7-14-11-4-5-11/h1,3,6,11,14H,2,4-5,7-8H2,(H,15,16). The van der Waals surface area contributed by atoms with Crippen LogP contribution in [0.3, 0.4) is 0 Å². The summed E-state index contributed by atoms with van der Waals surface area (Å²) in [7, 11) is 0. The molecule has 2 rings (SSSR count). The van der Waals surface area contributed by atoms with Crippen molar-refractivity contribution in [3.8, 4) is 6.07 Å². The fourth-order valence-corrected chi connectivity index (χ4v) is 1.53. The van der Waals surface area contributed by atoms with Crippen molar-refractivity contribution in [2.45, 2.75) is 25.3 Å². The third kappa shape index (κ3) is 3.21. The molecule has 0 unspecified atom stereocenters. The number of hydrogen-bond donors (Lipinski definition) is 2. The SMILES string of the molecule is N#Cc1cccnc1NCCCNC1CC1. The van der Waals surface area contributed by atoms with E-state index in [1.165, 1.54) is 12.8 Å². The molecule has 1 aromatic heterocycles. The molecule has 1 aliphatic carbocycles. The highest BCUT2D eigenvalue weighted by Crippen LogP contribution is 2.18. The third-order valence-electron chi connectivity index (χ3n) is 2.58. The molecule has 0 radical (unpaired) electrons. The van der Waals surface area contributed by atoms with Crippen LogP contribution >= 0.6 is 0 Å². The number of rotatable bonds is 6. The van der Waals surface area contributed by atoms with E-state index in [9.17, 15) is 0 Å². The van der Waals surface area contributed by atoms with Crippen molar-refractivity contribution >= 4 is 5.82 Å². The zero-order valence-electron chi connectivity index (χ0n) is 9.24. The van der Waals surface area contributed by atoms with Crippen LogP contribution in [0, 0.1) is 11.3 Å². The van der Waals surface area contributed by atoms with Gasteiger partial charge in [0.15, 0.2) is 0 Å². The summed E-state index contributed by atoms with van der Waals surface area (Å²) in [5.41, 5.74) is 0.609. The average molecular weight is 216 g/mol. The van der Waals surface area contributed by atoms with E-state index in [2.05, 4.69) is 21.7 Å². The third-order valence-corrected chi connectivity index (χ3v) is 2.58. The predicted octanol–water partition coefficient (Wildman–Crippen LogP) is 1.51. The molecule has 0 atom stereocenters. The molecule has 1 saturated carbocycles. The highest BCUT2D eigenvalue weighted by molar-refractivity contribution is 5.50. The highest BCUT2D eigenvalue weighted by Gasteiger charge is 2.19. The molecular weight excluding hydrogens is 200 g/mol. The first-order valence-electron chi connectivity index (χ1n) is 5.72. The Hall–Kier alpha value is -1.60. The highest BCUT2D eigenvalue weighted by atomic mass is 15.0. The molecule has 4 heteroatoms. The lowest BCUT2D eigenvalue weighted by atomic mass is 10.3. The Kier molecular flexibility index (Phi) is 3.73. The van der Waals surface area contributed by atoms with Crippen molar-refractivity contribution in [3.63, 3.8) is 0 Å². The van der Waals surface area contributed by atoms with Crippen LogP contribution in [0.2, 0.25) is 0 Å². The summed E-state index contributed by atoms with van der Waals surface area (Å²) in [4.78, 5) is 4.14. The van der Waals surface area contributed by atoms with Gasteiger partial charge in [-0.1, -0.05) is 0 Å². The molecule has 84 valence electrons. The van der Waals surface area contributed by atoms with Crippen molar-refractivity contribution in [1.29, 1.82) is 5.26 Å². The van der Waals surface area contributed by atoms with Crippen LogP contribution in [0.5, 0.6) is 0 Å². The zero-order valence-corrected chi connectivity index (χ0v) is 9.24. The topological polar surface area (TPSA) is 60.7 Å². The molecule has 1 aromatic rings. The van der Waals surface area contributed by atoms with Crippen molar-refractivity contribution < 1.29 is 0 Å². The Balaban J connectivity index is 1.69. The second-order valence-corrected chi connectivity index (χ2v) is 4.02. The van der Waals surface area contributed by atoms with E-state index in [1.807, 2.05) is 0 Å². The molecule has 0 aromatic carbocycles. The monoisotopic (exact) mass is 216 g/mol. The van der Waals surface area contributed by atoms with Gasteiger partial charge in [-0.25, -0.2) is 4.98 Å². The molecule has 0 saturated heterocycles. The van der Waals surface area contributed by atoms with Gasteiger partial charge in [0.25, 0.3) is 0 Å². The van der Waals surface area contributed by atoms with Gasteiger partial charge in [0.2, 0.25) is 0 Å². The Bertz CT molecular complexity index is 379. The molecular formula is C12H16N4. The summed E-state index contributed by atoms with van der Waals surface area (Å²) in [5, 5.41) is 15.5. The summed E-state index contributed by atoms with van der Waals surface area (Å²) < 4.78 is 0. The summed E-state index contributed by atoms with van der Waals surface area (Å²) in [5.74, 6) is 0.691. The van der Waals surface area contributed by atoms with E-state index >= 15 is 0 Å². The number of pyridine rings is 1. The lowest BCUT2D eigenvalue weighted by molar-refractivity contribution is 0.658. The molecule has 1 aliphatic rings. The Morgan fingerprint density at radius 1 is 1.44 bits per heavy atom. The Morgan fingerprint density at radius 3 is 3.06 bits per heavy atom. The second kappa shape index (κ2) is 5.47. The van der Waals surface area contributed by atoms with Gasteiger partial charge < -0.3 is 10.6 Å². The maximum atomic E-state index is 8.86. The largest absolute Gasteiger partial charge is 0.369 e. The van der Waals surface area contributed by atoms with Gasteiger partial charge in [-0.15, -0.1) is 0 Å². The number of hydrogen-bond acceptors (Lipinski definition) is 4. The smallest absolute Gasteiger partial charge is 0.143 e. The van der Waals surface area contributed by atoms with E-state index < -0.39 is 0 Å². The lowest BCUT2D eigenvalue weighted by Crippen LogP contribution is -2.20. The first-order valence-corrected chi connectivity index (χ1v) is 5.72. The van der Waals surface area contributed by atoms with E-state index in [0.29, 0.717) is 11.4 Å². The molecule has 16 heavy (non-hydrogen) atoms. The summed E-state index contributed by atoms with van der Waals surface area (Å²) in [6.45, 7) is 1.89. The number of nitrogens with one attached hydrogen (secondary N) is 2. The Labute approximate surface area is 95.7 Å². The average Bonchev–Trinajstić information content (AvgIpc) is 3.13. The van der Waals surface area contributed by atoms with Crippen LogP contribution < -0.4 is 10.6 Å². The van der Waals surface area contributed by atoms with Crippen molar-refractivity contribution in [1.82, 2.24) is 10.3 Å². The van der Waals surface area contributed by atoms with Gasteiger partial charge in [-0.05, 0) is 37.9 Å². The lowest BCUT2D eigenvalue weighted by Gasteiger charge is -2.07. The summed E-state index contributed by atoms with van der Waals surface area (Å²) in [6, 6.07) is 6.44. The first kappa shape index (κ1) is 10.9.